The Labute approximate surface area is 147 Å². The fourth-order valence-corrected chi connectivity index (χ4v) is 4.04. The monoisotopic (exact) mass is 340 g/mol. The van der Waals surface area contributed by atoms with Crippen LogP contribution < -0.4 is 9.80 Å². The van der Waals surface area contributed by atoms with Gasteiger partial charge in [-0.1, -0.05) is 19.1 Å². The second-order valence-electron chi connectivity index (χ2n) is 7.33. The highest BCUT2D eigenvalue weighted by Gasteiger charge is 2.32. The number of aliphatic carboxylic acids is 1. The topological polar surface area (TPSA) is 69.6 Å². The van der Waals surface area contributed by atoms with Crippen LogP contribution in [-0.4, -0.2) is 47.2 Å². The lowest BCUT2D eigenvalue weighted by Gasteiger charge is -2.37. The van der Waals surface area contributed by atoms with Crippen molar-refractivity contribution in [2.24, 2.45) is 11.8 Å². The zero-order valence-corrected chi connectivity index (χ0v) is 14.6. The summed E-state index contributed by atoms with van der Waals surface area (Å²) in [5.74, 6) is 1.03. The van der Waals surface area contributed by atoms with Gasteiger partial charge in [0.1, 0.15) is 0 Å². The molecule has 2 aromatic rings. The number of nitrogens with zero attached hydrogens (tertiary/aromatic N) is 4. The predicted octanol–water partition coefficient (Wildman–Crippen LogP) is 2.78. The number of carbonyl (C=O) groups is 1. The molecule has 4 rings (SSSR count). The van der Waals surface area contributed by atoms with Gasteiger partial charge in [-0.15, -0.1) is 0 Å². The number of benzene rings is 1. The quantitative estimate of drug-likeness (QED) is 0.926. The molecule has 0 aliphatic carbocycles. The van der Waals surface area contributed by atoms with E-state index >= 15 is 0 Å². The second-order valence-corrected chi connectivity index (χ2v) is 7.33. The Morgan fingerprint density at radius 1 is 1.04 bits per heavy atom. The molecule has 132 valence electrons. The Bertz CT molecular complexity index is 788. The van der Waals surface area contributed by atoms with Crippen molar-refractivity contribution in [3.05, 3.63) is 24.3 Å². The maximum Gasteiger partial charge on any atom is 0.308 e. The van der Waals surface area contributed by atoms with Gasteiger partial charge >= 0.3 is 5.97 Å². The summed E-state index contributed by atoms with van der Waals surface area (Å²) in [7, 11) is 0. The summed E-state index contributed by atoms with van der Waals surface area (Å²) >= 11 is 0. The zero-order valence-electron chi connectivity index (χ0n) is 14.6. The van der Waals surface area contributed by atoms with Gasteiger partial charge in [-0.2, -0.15) is 0 Å². The minimum absolute atomic E-state index is 0.328. The smallest absolute Gasteiger partial charge is 0.308 e. The number of aromatic nitrogens is 2. The first-order chi connectivity index (χ1) is 12.1. The van der Waals surface area contributed by atoms with Gasteiger partial charge < -0.3 is 14.9 Å². The van der Waals surface area contributed by atoms with Gasteiger partial charge in [-0.05, 0) is 37.3 Å². The van der Waals surface area contributed by atoms with Crippen LogP contribution in [0.25, 0.3) is 11.0 Å². The van der Waals surface area contributed by atoms with Crippen LogP contribution in [0.4, 0.5) is 11.6 Å². The molecule has 1 aromatic carbocycles. The van der Waals surface area contributed by atoms with E-state index in [2.05, 4.69) is 16.7 Å². The van der Waals surface area contributed by atoms with Crippen molar-refractivity contribution in [2.45, 2.75) is 26.2 Å². The average Bonchev–Trinajstić information content (AvgIpc) is 3.14. The van der Waals surface area contributed by atoms with Crippen LogP contribution in [0.5, 0.6) is 0 Å². The Morgan fingerprint density at radius 3 is 2.24 bits per heavy atom. The van der Waals surface area contributed by atoms with Crippen molar-refractivity contribution in [1.82, 2.24) is 9.97 Å². The third-order valence-electron chi connectivity index (χ3n) is 5.25. The Kier molecular flexibility index (Phi) is 4.19. The largest absolute Gasteiger partial charge is 0.481 e. The molecule has 6 heteroatoms. The van der Waals surface area contributed by atoms with Crippen LogP contribution >= 0.6 is 0 Å². The molecule has 2 aliphatic heterocycles. The number of piperidine rings is 1. The lowest BCUT2D eigenvalue weighted by atomic mass is 9.90. The molecule has 0 saturated carbocycles. The van der Waals surface area contributed by atoms with Crippen LogP contribution in [0.1, 0.15) is 26.2 Å². The molecule has 2 aliphatic rings. The van der Waals surface area contributed by atoms with Gasteiger partial charge in [-0.25, -0.2) is 9.97 Å². The Balaban J connectivity index is 1.78. The Hall–Kier alpha value is -2.37. The maximum absolute atomic E-state index is 11.6. The van der Waals surface area contributed by atoms with Gasteiger partial charge in [0, 0.05) is 26.2 Å². The van der Waals surface area contributed by atoms with E-state index in [0.29, 0.717) is 12.5 Å². The Morgan fingerprint density at radius 2 is 1.64 bits per heavy atom. The standard InChI is InChI=1S/C19H24N4O2/c1-13-10-14(19(24)25)12-23(11-13)18-17(22-8-4-5-9-22)20-15-6-2-3-7-16(15)21-18/h2-3,6-7,13-14H,4-5,8-12H2,1H3,(H,24,25). The molecule has 25 heavy (non-hydrogen) atoms. The third-order valence-corrected chi connectivity index (χ3v) is 5.25. The summed E-state index contributed by atoms with van der Waals surface area (Å²) in [6.07, 6.45) is 3.07. The predicted molar refractivity (Wildman–Crippen MR) is 98.1 cm³/mol. The molecule has 0 bridgehead atoms. The number of carboxylic acids is 1. The molecule has 0 radical (unpaired) electrons. The van der Waals surface area contributed by atoms with E-state index < -0.39 is 5.97 Å². The lowest BCUT2D eigenvalue weighted by Crippen LogP contribution is -2.43. The highest BCUT2D eigenvalue weighted by atomic mass is 16.4. The molecule has 2 saturated heterocycles. The summed E-state index contributed by atoms with van der Waals surface area (Å²) in [5, 5.41) is 9.50. The first kappa shape index (κ1) is 16.1. The zero-order chi connectivity index (χ0) is 17.4. The molecule has 6 nitrogen and oxygen atoms in total. The molecule has 2 unspecified atom stereocenters. The third kappa shape index (κ3) is 3.13. The van der Waals surface area contributed by atoms with E-state index in [0.717, 1.165) is 48.7 Å². The fourth-order valence-electron chi connectivity index (χ4n) is 4.04. The highest BCUT2D eigenvalue weighted by molar-refractivity contribution is 5.81. The number of anilines is 2. The number of carboxylic acid groups (broad SMARTS) is 1. The second kappa shape index (κ2) is 6.50. The summed E-state index contributed by atoms with van der Waals surface area (Å²) in [4.78, 5) is 25.8. The molecule has 2 fully saturated rings. The molecular weight excluding hydrogens is 316 g/mol. The number of hydrogen-bond donors (Lipinski definition) is 1. The highest BCUT2D eigenvalue weighted by Crippen LogP contribution is 2.34. The first-order valence-corrected chi connectivity index (χ1v) is 9.11. The molecular formula is C19H24N4O2. The minimum atomic E-state index is -0.715. The molecule has 2 atom stereocenters. The van der Waals surface area contributed by atoms with Crippen molar-refractivity contribution in [2.75, 3.05) is 36.0 Å². The lowest BCUT2D eigenvalue weighted by molar-refractivity contribution is -0.142. The van der Waals surface area contributed by atoms with E-state index in [4.69, 9.17) is 9.97 Å². The van der Waals surface area contributed by atoms with Crippen LogP contribution in [0.2, 0.25) is 0 Å². The number of para-hydroxylation sites is 2. The average molecular weight is 340 g/mol. The molecule has 3 heterocycles. The van der Waals surface area contributed by atoms with E-state index in [1.165, 1.54) is 12.8 Å². The molecule has 0 amide bonds. The maximum atomic E-state index is 11.6. The number of fused-ring (bicyclic) bond motifs is 1. The van der Waals surface area contributed by atoms with E-state index in [-0.39, 0.29) is 5.92 Å². The fraction of sp³-hybridized carbons (Fsp3) is 0.526. The summed E-state index contributed by atoms with van der Waals surface area (Å²) < 4.78 is 0. The molecule has 1 aromatic heterocycles. The van der Waals surface area contributed by atoms with E-state index in [1.807, 2.05) is 24.3 Å². The SMILES string of the molecule is CC1CC(C(=O)O)CN(c2nc3ccccc3nc2N2CCCC2)C1. The van der Waals surface area contributed by atoms with E-state index in [9.17, 15) is 9.90 Å². The number of rotatable bonds is 3. The van der Waals surface area contributed by atoms with Gasteiger partial charge in [0.2, 0.25) is 0 Å². The van der Waals surface area contributed by atoms with Gasteiger partial charge in [0.05, 0.1) is 17.0 Å². The molecule has 1 N–H and O–H groups in total. The molecule has 0 spiro atoms. The van der Waals surface area contributed by atoms with E-state index in [1.54, 1.807) is 0 Å². The van der Waals surface area contributed by atoms with Crippen molar-refractivity contribution in [1.29, 1.82) is 0 Å². The summed E-state index contributed by atoms with van der Waals surface area (Å²) in [5.41, 5.74) is 1.76. The van der Waals surface area contributed by atoms with Gasteiger partial charge in [-0.3, -0.25) is 4.79 Å². The van der Waals surface area contributed by atoms with Crippen molar-refractivity contribution in [3.63, 3.8) is 0 Å². The van der Waals surface area contributed by atoms with Crippen molar-refractivity contribution in [3.8, 4) is 0 Å². The normalized spacial score (nSPS) is 24.0. The summed E-state index contributed by atoms with van der Waals surface area (Å²) in [6.45, 7) is 5.44. The van der Waals surface area contributed by atoms with Crippen LogP contribution in [-0.2, 0) is 4.79 Å². The number of hydrogen-bond acceptors (Lipinski definition) is 5. The van der Waals surface area contributed by atoms with Crippen molar-refractivity contribution >= 4 is 28.6 Å². The first-order valence-electron chi connectivity index (χ1n) is 9.11. The van der Waals surface area contributed by atoms with Gasteiger partial charge in [0.25, 0.3) is 0 Å². The van der Waals surface area contributed by atoms with Crippen LogP contribution in [0.3, 0.4) is 0 Å². The van der Waals surface area contributed by atoms with Crippen LogP contribution in [0.15, 0.2) is 24.3 Å². The summed E-state index contributed by atoms with van der Waals surface area (Å²) in [6, 6.07) is 7.91. The minimum Gasteiger partial charge on any atom is -0.481 e. The van der Waals surface area contributed by atoms with Crippen LogP contribution in [0, 0.1) is 11.8 Å². The van der Waals surface area contributed by atoms with Gasteiger partial charge in [0.15, 0.2) is 11.6 Å². The van der Waals surface area contributed by atoms with Crippen molar-refractivity contribution < 1.29 is 9.90 Å².